The van der Waals surface area contributed by atoms with E-state index in [1.165, 1.54) is 18.7 Å². The molecule has 7 heteroatoms. The molecule has 2 rings (SSSR count). The maximum atomic E-state index is 12.1. The molecule has 25 heavy (non-hydrogen) atoms. The van der Waals surface area contributed by atoms with Crippen LogP contribution in [0.15, 0.2) is 53.4 Å². The number of rotatable bonds is 7. The quantitative estimate of drug-likeness (QED) is 0.524. The maximum Gasteiger partial charge on any atom is 0.307 e. The second kappa shape index (κ2) is 9.70. The molecule has 1 amide bonds. The monoisotopic (exact) mass is 397 g/mol. The molecular weight excluding hydrogens is 381 g/mol. The molecule has 132 valence electrons. The number of ether oxygens (including phenoxy) is 1. The number of nitrogens with one attached hydrogen (secondary N) is 1. The highest BCUT2D eigenvalue weighted by molar-refractivity contribution is 7.99. The molecule has 0 heterocycles. The number of halogens is 2. The summed E-state index contributed by atoms with van der Waals surface area (Å²) < 4.78 is 5.15. The molecule has 0 saturated heterocycles. The lowest BCUT2D eigenvalue weighted by Gasteiger charge is -2.14. The van der Waals surface area contributed by atoms with Crippen molar-refractivity contribution in [1.29, 1.82) is 0 Å². The van der Waals surface area contributed by atoms with Gasteiger partial charge in [0.1, 0.15) is 0 Å². The van der Waals surface area contributed by atoms with Crippen LogP contribution in [0.4, 0.5) is 5.69 Å². The van der Waals surface area contributed by atoms with E-state index in [-0.39, 0.29) is 6.42 Å². The zero-order valence-corrected chi connectivity index (χ0v) is 15.8. The summed E-state index contributed by atoms with van der Waals surface area (Å²) >= 11 is 13.3. The first-order valence-electron chi connectivity index (χ1n) is 7.59. The van der Waals surface area contributed by atoms with E-state index in [4.69, 9.17) is 27.9 Å². The van der Waals surface area contributed by atoms with Crippen LogP contribution in [-0.4, -0.2) is 23.7 Å². The first kappa shape index (κ1) is 19.6. The number of thioether (sulfide) groups is 1. The van der Waals surface area contributed by atoms with Gasteiger partial charge in [0, 0.05) is 15.7 Å². The summed E-state index contributed by atoms with van der Waals surface area (Å²) in [4.78, 5) is 24.9. The third-order valence-electron chi connectivity index (χ3n) is 3.20. The Balaban J connectivity index is 1.74. The smallest absolute Gasteiger partial charge is 0.307 e. The summed E-state index contributed by atoms with van der Waals surface area (Å²) in [6.45, 7) is 1.52. The van der Waals surface area contributed by atoms with Crippen LogP contribution < -0.4 is 5.32 Å². The molecular formula is C18H17Cl2NO3S. The van der Waals surface area contributed by atoms with Gasteiger partial charge in [0.2, 0.25) is 0 Å². The highest BCUT2D eigenvalue weighted by Gasteiger charge is 2.18. The van der Waals surface area contributed by atoms with Gasteiger partial charge in [-0.05, 0) is 43.3 Å². The largest absolute Gasteiger partial charge is 0.453 e. The fourth-order valence-corrected chi connectivity index (χ4v) is 3.03. The first-order valence-corrected chi connectivity index (χ1v) is 9.33. The van der Waals surface area contributed by atoms with Gasteiger partial charge in [-0.3, -0.25) is 9.59 Å². The Hall–Kier alpha value is -1.69. The van der Waals surface area contributed by atoms with Gasteiger partial charge in [-0.1, -0.05) is 35.3 Å². The fourth-order valence-electron chi connectivity index (χ4n) is 1.89. The van der Waals surface area contributed by atoms with E-state index in [1.807, 2.05) is 12.1 Å². The third kappa shape index (κ3) is 6.61. The minimum absolute atomic E-state index is 0.205. The Morgan fingerprint density at radius 2 is 1.80 bits per heavy atom. The van der Waals surface area contributed by atoms with Gasteiger partial charge in [0.05, 0.1) is 17.1 Å². The van der Waals surface area contributed by atoms with Crippen LogP contribution in [-0.2, 0) is 14.3 Å². The van der Waals surface area contributed by atoms with Crippen molar-refractivity contribution in [2.75, 3.05) is 11.1 Å². The average molecular weight is 398 g/mol. The van der Waals surface area contributed by atoms with Crippen LogP contribution in [0.2, 0.25) is 10.0 Å². The highest BCUT2D eigenvalue weighted by atomic mass is 35.5. The highest BCUT2D eigenvalue weighted by Crippen LogP contribution is 2.22. The Labute approximate surface area is 160 Å². The van der Waals surface area contributed by atoms with Crippen LogP contribution in [0, 0.1) is 0 Å². The van der Waals surface area contributed by atoms with E-state index in [0.29, 0.717) is 21.5 Å². The predicted octanol–water partition coefficient (Wildman–Crippen LogP) is 5.05. The van der Waals surface area contributed by atoms with Gasteiger partial charge in [-0.25, -0.2) is 0 Å². The summed E-state index contributed by atoms with van der Waals surface area (Å²) in [7, 11) is 0. The first-order chi connectivity index (χ1) is 12.0. The fraction of sp³-hybridized carbons (Fsp3) is 0.222. The topological polar surface area (TPSA) is 55.4 Å². The number of benzene rings is 2. The molecule has 4 nitrogen and oxygen atoms in total. The lowest BCUT2D eigenvalue weighted by molar-refractivity contribution is -0.152. The van der Waals surface area contributed by atoms with Crippen molar-refractivity contribution in [2.45, 2.75) is 24.3 Å². The minimum Gasteiger partial charge on any atom is -0.453 e. The van der Waals surface area contributed by atoms with Crippen molar-refractivity contribution in [2.24, 2.45) is 0 Å². The zero-order chi connectivity index (χ0) is 18.2. The summed E-state index contributed by atoms with van der Waals surface area (Å²) in [6, 6.07) is 14.2. The average Bonchev–Trinajstić information content (AvgIpc) is 2.58. The SMILES string of the molecule is C[C@H](OC(=O)CCSc1ccc(Cl)cc1)C(=O)Nc1ccccc1Cl. The lowest BCUT2D eigenvalue weighted by Crippen LogP contribution is -2.30. The van der Waals surface area contributed by atoms with Crippen molar-refractivity contribution in [1.82, 2.24) is 0 Å². The zero-order valence-electron chi connectivity index (χ0n) is 13.5. The molecule has 0 aliphatic carbocycles. The Kier molecular flexibility index (Phi) is 7.62. The predicted molar refractivity (Wildman–Crippen MR) is 102 cm³/mol. The molecule has 0 aliphatic heterocycles. The van der Waals surface area contributed by atoms with E-state index in [9.17, 15) is 9.59 Å². The number of hydrogen-bond acceptors (Lipinski definition) is 4. The molecule has 0 aliphatic rings. The number of esters is 1. The van der Waals surface area contributed by atoms with Gasteiger partial charge in [0.15, 0.2) is 6.10 Å². The van der Waals surface area contributed by atoms with Crippen LogP contribution in [0.3, 0.4) is 0 Å². The van der Waals surface area contributed by atoms with Crippen molar-refractivity contribution in [3.63, 3.8) is 0 Å². The van der Waals surface area contributed by atoms with E-state index in [0.717, 1.165) is 4.90 Å². The molecule has 0 saturated carbocycles. The summed E-state index contributed by atoms with van der Waals surface area (Å²) in [5, 5.41) is 3.73. The molecule has 0 spiro atoms. The molecule has 1 atom stereocenters. The number of carbonyl (C=O) groups excluding carboxylic acids is 2. The molecule has 1 N–H and O–H groups in total. The van der Waals surface area contributed by atoms with Crippen molar-refractivity contribution >= 4 is 52.5 Å². The van der Waals surface area contributed by atoms with Gasteiger partial charge < -0.3 is 10.1 Å². The standard InChI is InChI=1S/C18H17Cl2NO3S/c1-12(18(23)21-16-5-3-2-4-15(16)20)24-17(22)10-11-25-14-8-6-13(19)7-9-14/h2-9,12H,10-11H2,1H3,(H,21,23)/t12-/m0/s1. The van der Waals surface area contributed by atoms with Crippen LogP contribution in [0.1, 0.15) is 13.3 Å². The molecule has 2 aromatic carbocycles. The van der Waals surface area contributed by atoms with Crippen LogP contribution in [0.5, 0.6) is 0 Å². The van der Waals surface area contributed by atoms with Crippen molar-refractivity contribution < 1.29 is 14.3 Å². The number of amides is 1. The van der Waals surface area contributed by atoms with Crippen molar-refractivity contribution in [3.8, 4) is 0 Å². The Bertz CT molecular complexity index is 737. The van der Waals surface area contributed by atoms with Crippen LogP contribution in [0.25, 0.3) is 0 Å². The van der Waals surface area contributed by atoms with E-state index >= 15 is 0 Å². The van der Waals surface area contributed by atoms with E-state index < -0.39 is 18.0 Å². The molecule has 0 fully saturated rings. The van der Waals surface area contributed by atoms with Gasteiger partial charge in [-0.15, -0.1) is 11.8 Å². The van der Waals surface area contributed by atoms with Gasteiger partial charge >= 0.3 is 5.97 Å². The van der Waals surface area contributed by atoms with E-state index in [1.54, 1.807) is 36.4 Å². The van der Waals surface area contributed by atoms with Gasteiger partial charge in [0.25, 0.3) is 5.91 Å². The summed E-state index contributed by atoms with van der Waals surface area (Å²) in [5.74, 6) is -0.297. The van der Waals surface area contributed by atoms with Crippen LogP contribution >= 0.6 is 35.0 Å². The summed E-state index contributed by atoms with van der Waals surface area (Å²) in [5.41, 5.74) is 0.482. The normalized spacial score (nSPS) is 11.6. The molecule has 0 unspecified atom stereocenters. The molecule has 0 radical (unpaired) electrons. The third-order valence-corrected chi connectivity index (χ3v) is 4.79. The van der Waals surface area contributed by atoms with E-state index in [2.05, 4.69) is 5.32 Å². The second-order valence-electron chi connectivity index (χ2n) is 5.15. The molecule has 0 bridgehead atoms. The molecule has 0 aromatic heterocycles. The number of para-hydroxylation sites is 1. The Morgan fingerprint density at radius 3 is 2.48 bits per heavy atom. The number of anilines is 1. The Morgan fingerprint density at radius 1 is 1.12 bits per heavy atom. The summed E-state index contributed by atoms with van der Waals surface area (Å²) in [6.07, 6.45) is -0.693. The van der Waals surface area contributed by atoms with Gasteiger partial charge in [-0.2, -0.15) is 0 Å². The number of hydrogen-bond donors (Lipinski definition) is 1. The van der Waals surface area contributed by atoms with Crippen molar-refractivity contribution in [3.05, 3.63) is 58.6 Å². The maximum absolute atomic E-state index is 12.1. The second-order valence-corrected chi connectivity index (χ2v) is 7.17. The lowest BCUT2D eigenvalue weighted by atomic mass is 10.3. The minimum atomic E-state index is -0.899. The molecule has 2 aromatic rings. The number of carbonyl (C=O) groups is 2.